The van der Waals surface area contributed by atoms with Crippen molar-refractivity contribution in [2.24, 2.45) is 0 Å². The van der Waals surface area contributed by atoms with E-state index < -0.39 is 0 Å². The van der Waals surface area contributed by atoms with Gasteiger partial charge in [-0.2, -0.15) is 0 Å². The molecule has 288 valence electrons. The molecule has 0 amide bonds. The first-order valence-corrected chi connectivity index (χ1v) is 20.4. The molecule has 3 heterocycles. The van der Waals surface area contributed by atoms with Gasteiger partial charge in [0.2, 0.25) is 0 Å². The third kappa shape index (κ3) is 7.50. The molecular weight excluding hydrogens is 733 g/mol. The summed E-state index contributed by atoms with van der Waals surface area (Å²) in [6.45, 7) is 0. The normalized spacial score (nSPS) is 11.2. The summed E-state index contributed by atoms with van der Waals surface area (Å²) in [5.74, 6) is 2.90. The summed E-state index contributed by atoms with van der Waals surface area (Å²) in [5, 5.41) is 0. The van der Waals surface area contributed by atoms with E-state index in [2.05, 4.69) is 214 Å². The van der Waals surface area contributed by atoms with E-state index in [4.69, 9.17) is 15.0 Å². The first kappa shape index (κ1) is 36.5. The molecule has 0 unspecified atom stereocenters. The van der Waals surface area contributed by atoms with Crippen molar-refractivity contribution in [1.82, 2.24) is 28.7 Å². The van der Waals surface area contributed by atoms with Crippen molar-refractivity contribution in [1.29, 1.82) is 0 Å². The van der Waals surface area contributed by atoms with Gasteiger partial charge in [-0.15, -0.1) is 0 Å². The first-order valence-electron chi connectivity index (χ1n) is 20.4. The van der Waals surface area contributed by atoms with Gasteiger partial charge in [0.05, 0.1) is 35.7 Å². The van der Waals surface area contributed by atoms with Crippen LogP contribution in [-0.2, 0) is 19.3 Å². The van der Waals surface area contributed by atoms with Crippen LogP contribution in [-0.4, -0.2) is 28.7 Å². The second-order valence-corrected chi connectivity index (χ2v) is 15.0. The van der Waals surface area contributed by atoms with Gasteiger partial charge in [0.15, 0.2) is 0 Å². The lowest BCUT2D eigenvalue weighted by Crippen LogP contribution is -2.06. The molecule has 6 heteroatoms. The Hall–Kier alpha value is -7.83. The van der Waals surface area contributed by atoms with Crippen molar-refractivity contribution in [3.63, 3.8) is 0 Å². The molecule has 0 aliphatic carbocycles. The van der Waals surface area contributed by atoms with E-state index in [0.717, 1.165) is 68.3 Å². The summed E-state index contributed by atoms with van der Waals surface area (Å²) in [6, 6.07) is 70.2. The van der Waals surface area contributed by atoms with Crippen LogP contribution in [0.5, 0.6) is 0 Å². The fourth-order valence-corrected chi connectivity index (χ4v) is 8.16. The summed E-state index contributed by atoms with van der Waals surface area (Å²) >= 11 is 0. The Balaban J connectivity index is 1.21. The Kier molecular flexibility index (Phi) is 10.1. The SMILES string of the molecule is c1ccc(Cc2ncc(-c3cc(-c4cnc(Cc5ccccc5)n4-c4ccccc4)cc(-c4cnc(Cc5ccccc5)n4-c4ccccc4)c3)n2-c2ccccc2)cc1. The van der Waals surface area contributed by atoms with Gasteiger partial charge in [-0.1, -0.05) is 146 Å². The number of nitrogens with zero attached hydrogens (tertiary/aromatic N) is 6. The Morgan fingerprint density at radius 2 is 0.517 bits per heavy atom. The van der Waals surface area contributed by atoms with Crippen LogP contribution >= 0.6 is 0 Å². The standard InChI is InChI=1S/C54H42N6/c1-7-19-40(20-8-1)31-52-55-37-49(58(52)46-25-13-4-14-26-46)43-34-44(50-38-56-53(32-41-21-9-2-10-22-41)59(50)47-27-15-5-16-28-47)36-45(35-43)51-39-57-54(33-42-23-11-3-12-24-42)60(51)48-29-17-6-18-30-48/h1-30,34-39H,31-33H2. The maximum Gasteiger partial charge on any atom is 0.118 e. The predicted octanol–water partition coefficient (Wildman–Crippen LogP) is 12.0. The van der Waals surface area contributed by atoms with Gasteiger partial charge >= 0.3 is 0 Å². The maximum absolute atomic E-state index is 5.13. The van der Waals surface area contributed by atoms with Crippen molar-refractivity contribution in [3.05, 3.63) is 253 Å². The zero-order valence-corrected chi connectivity index (χ0v) is 33.1. The molecule has 7 aromatic carbocycles. The van der Waals surface area contributed by atoms with Crippen LogP contribution in [0.15, 0.2) is 219 Å². The quantitative estimate of drug-likeness (QED) is 0.124. The summed E-state index contributed by atoms with van der Waals surface area (Å²) in [6.07, 6.45) is 8.15. The number of hydrogen-bond donors (Lipinski definition) is 0. The minimum Gasteiger partial charge on any atom is -0.296 e. The van der Waals surface area contributed by atoms with Gasteiger partial charge in [0.25, 0.3) is 0 Å². The smallest absolute Gasteiger partial charge is 0.118 e. The van der Waals surface area contributed by atoms with Crippen LogP contribution in [0.2, 0.25) is 0 Å². The van der Waals surface area contributed by atoms with Crippen molar-refractivity contribution >= 4 is 0 Å². The second kappa shape index (κ2) is 16.6. The summed E-state index contributed by atoms with van der Waals surface area (Å²) < 4.78 is 6.92. The minimum atomic E-state index is 0.690. The highest BCUT2D eigenvalue weighted by Gasteiger charge is 2.22. The highest BCUT2D eigenvalue weighted by atomic mass is 15.1. The second-order valence-electron chi connectivity index (χ2n) is 15.0. The number of hydrogen-bond acceptors (Lipinski definition) is 3. The molecule has 0 aliphatic rings. The summed E-state index contributed by atoms with van der Waals surface area (Å²) in [5.41, 5.74) is 12.9. The molecule has 0 bridgehead atoms. The molecule has 10 rings (SSSR count). The van der Waals surface area contributed by atoms with Crippen LogP contribution < -0.4 is 0 Å². The van der Waals surface area contributed by atoms with Crippen LogP contribution in [0.1, 0.15) is 34.2 Å². The number of benzene rings is 7. The van der Waals surface area contributed by atoms with Gasteiger partial charge in [-0.3, -0.25) is 13.7 Å². The molecule has 0 N–H and O–H groups in total. The largest absolute Gasteiger partial charge is 0.296 e. The Morgan fingerprint density at radius 1 is 0.283 bits per heavy atom. The van der Waals surface area contributed by atoms with Crippen molar-refractivity contribution in [3.8, 4) is 50.8 Å². The van der Waals surface area contributed by atoms with Gasteiger partial charge in [0, 0.05) is 53.0 Å². The molecule has 60 heavy (non-hydrogen) atoms. The molecule has 0 saturated heterocycles. The monoisotopic (exact) mass is 774 g/mol. The van der Waals surface area contributed by atoms with E-state index in [1.807, 2.05) is 18.6 Å². The van der Waals surface area contributed by atoms with E-state index >= 15 is 0 Å². The lowest BCUT2D eigenvalue weighted by atomic mass is 9.99. The molecule has 0 radical (unpaired) electrons. The summed E-state index contributed by atoms with van der Waals surface area (Å²) in [7, 11) is 0. The topological polar surface area (TPSA) is 53.5 Å². The molecular formula is C54H42N6. The fourth-order valence-electron chi connectivity index (χ4n) is 8.16. The van der Waals surface area contributed by atoms with Gasteiger partial charge in [-0.25, -0.2) is 15.0 Å². The van der Waals surface area contributed by atoms with Crippen LogP contribution in [0.4, 0.5) is 0 Å². The van der Waals surface area contributed by atoms with E-state index in [-0.39, 0.29) is 0 Å². The van der Waals surface area contributed by atoms with E-state index in [9.17, 15) is 0 Å². The number of imidazole rings is 3. The molecule has 0 fully saturated rings. The Labute approximate surface area is 350 Å². The minimum absolute atomic E-state index is 0.690. The lowest BCUT2D eigenvalue weighted by molar-refractivity contribution is 0.915. The average molecular weight is 775 g/mol. The molecule has 10 aromatic rings. The molecule has 6 nitrogen and oxygen atoms in total. The van der Waals surface area contributed by atoms with Crippen LogP contribution in [0.25, 0.3) is 50.8 Å². The zero-order chi connectivity index (χ0) is 40.1. The number of rotatable bonds is 12. The van der Waals surface area contributed by atoms with Crippen molar-refractivity contribution in [2.45, 2.75) is 19.3 Å². The zero-order valence-electron chi connectivity index (χ0n) is 33.1. The summed E-state index contributed by atoms with van der Waals surface area (Å²) in [4.78, 5) is 15.4. The highest BCUT2D eigenvalue weighted by Crippen LogP contribution is 2.37. The van der Waals surface area contributed by atoms with E-state index in [1.165, 1.54) is 16.7 Å². The lowest BCUT2D eigenvalue weighted by Gasteiger charge is -2.18. The van der Waals surface area contributed by atoms with E-state index in [0.29, 0.717) is 19.3 Å². The highest BCUT2D eigenvalue weighted by molar-refractivity contribution is 5.80. The third-order valence-electron chi connectivity index (χ3n) is 11.0. The molecule has 0 spiro atoms. The van der Waals surface area contributed by atoms with Gasteiger partial charge < -0.3 is 0 Å². The average Bonchev–Trinajstić information content (AvgIpc) is 4.06. The Morgan fingerprint density at radius 3 is 0.767 bits per heavy atom. The molecule has 3 aromatic heterocycles. The predicted molar refractivity (Wildman–Crippen MR) is 242 cm³/mol. The van der Waals surface area contributed by atoms with Crippen LogP contribution in [0, 0.1) is 0 Å². The Bertz CT molecular complexity index is 2630. The van der Waals surface area contributed by atoms with Gasteiger partial charge in [-0.05, 0) is 71.3 Å². The van der Waals surface area contributed by atoms with Crippen molar-refractivity contribution < 1.29 is 0 Å². The fraction of sp³-hybridized carbons (Fsp3) is 0.0556. The van der Waals surface area contributed by atoms with E-state index in [1.54, 1.807) is 0 Å². The van der Waals surface area contributed by atoms with Crippen molar-refractivity contribution in [2.75, 3.05) is 0 Å². The molecule has 0 saturated carbocycles. The number of aromatic nitrogens is 6. The molecule has 0 aliphatic heterocycles. The maximum atomic E-state index is 5.13. The third-order valence-corrected chi connectivity index (χ3v) is 11.0. The van der Waals surface area contributed by atoms with Gasteiger partial charge in [0.1, 0.15) is 17.5 Å². The first-order chi connectivity index (χ1) is 29.7. The van der Waals surface area contributed by atoms with Crippen LogP contribution in [0.3, 0.4) is 0 Å². The number of para-hydroxylation sites is 3. The molecule has 0 atom stereocenters.